The Balaban J connectivity index is 1.92. The predicted molar refractivity (Wildman–Crippen MR) is 95.3 cm³/mol. The van der Waals surface area contributed by atoms with Crippen LogP contribution in [0.25, 0.3) is 0 Å². The maximum atomic E-state index is 13.3. The number of alkyl halides is 6. The van der Waals surface area contributed by atoms with Crippen molar-refractivity contribution in [3.8, 4) is 17.6 Å². The highest BCUT2D eigenvalue weighted by Crippen LogP contribution is 2.37. The topological polar surface area (TPSA) is 78.3 Å². The molecule has 1 saturated heterocycles. The summed E-state index contributed by atoms with van der Waals surface area (Å²) in [5, 5.41) is 9.19. The minimum atomic E-state index is -4.85. The molecular formula is C19H16F6N4O2. The average molecular weight is 446 g/mol. The van der Waals surface area contributed by atoms with E-state index in [1.54, 1.807) is 6.07 Å². The molecular weight excluding hydrogens is 430 g/mol. The van der Waals surface area contributed by atoms with Gasteiger partial charge in [-0.2, -0.15) is 37.1 Å². The third-order valence-corrected chi connectivity index (χ3v) is 4.56. The molecule has 1 aliphatic heterocycles. The summed E-state index contributed by atoms with van der Waals surface area (Å²) in [6.45, 7) is -0.762. The van der Waals surface area contributed by atoms with Crippen LogP contribution in [0.2, 0.25) is 0 Å². The van der Waals surface area contributed by atoms with Gasteiger partial charge in [0.1, 0.15) is 24.1 Å². The molecule has 6 nitrogen and oxygen atoms in total. The molecule has 1 aliphatic rings. The van der Waals surface area contributed by atoms with Crippen molar-refractivity contribution in [1.82, 2.24) is 16.4 Å². The van der Waals surface area contributed by atoms with Crippen LogP contribution in [0.4, 0.5) is 26.3 Å². The number of benzene rings is 2. The van der Waals surface area contributed by atoms with E-state index < -0.39 is 47.7 Å². The Bertz CT molecular complexity index is 987. The second-order valence-corrected chi connectivity index (χ2v) is 6.60. The summed E-state index contributed by atoms with van der Waals surface area (Å²) in [6, 6.07) is 6.43. The lowest BCUT2D eigenvalue weighted by Crippen LogP contribution is -2.32. The number of methoxy groups -OCH3 is 1. The summed E-state index contributed by atoms with van der Waals surface area (Å²) < 4.78 is 89.3. The summed E-state index contributed by atoms with van der Waals surface area (Å²) in [4.78, 5) is 0. The van der Waals surface area contributed by atoms with Crippen molar-refractivity contribution < 1.29 is 35.8 Å². The molecule has 3 N–H and O–H groups in total. The zero-order valence-electron chi connectivity index (χ0n) is 15.9. The number of nitriles is 1. The highest BCUT2D eigenvalue weighted by atomic mass is 19.4. The van der Waals surface area contributed by atoms with Crippen LogP contribution in [0.3, 0.4) is 0 Å². The Morgan fingerprint density at radius 2 is 1.68 bits per heavy atom. The maximum absolute atomic E-state index is 13.3. The zero-order chi connectivity index (χ0) is 22.8. The highest BCUT2D eigenvalue weighted by Gasteiger charge is 2.37. The van der Waals surface area contributed by atoms with E-state index in [1.807, 2.05) is 6.07 Å². The fraction of sp³-hybridized carbons (Fsp3) is 0.316. The van der Waals surface area contributed by atoms with Crippen LogP contribution in [0.1, 0.15) is 28.3 Å². The number of halogens is 6. The minimum absolute atomic E-state index is 0.0604. The first kappa shape index (κ1) is 22.7. The number of nitrogens with zero attached hydrogens (tertiary/aromatic N) is 1. The van der Waals surface area contributed by atoms with E-state index >= 15 is 0 Å². The van der Waals surface area contributed by atoms with Crippen molar-refractivity contribution in [3.05, 3.63) is 58.7 Å². The Hall–Kier alpha value is -3.01. The molecule has 0 radical (unpaired) electrons. The lowest BCUT2D eigenvalue weighted by atomic mass is 10.0. The van der Waals surface area contributed by atoms with Crippen molar-refractivity contribution in [2.45, 2.75) is 31.0 Å². The number of nitrogens with one attached hydrogen (secondary N) is 3. The van der Waals surface area contributed by atoms with Crippen LogP contribution in [-0.4, -0.2) is 13.2 Å². The lowest BCUT2D eigenvalue weighted by Gasteiger charge is -2.18. The van der Waals surface area contributed by atoms with E-state index in [2.05, 4.69) is 16.4 Å². The highest BCUT2D eigenvalue weighted by molar-refractivity contribution is 5.42. The molecule has 2 unspecified atom stereocenters. The molecule has 1 fully saturated rings. The lowest BCUT2D eigenvalue weighted by molar-refractivity contribution is -0.142. The van der Waals surface area contributed by atoms with E-state index in [4.69, 9.17) is 9.47 Å². The maximum Gasteiger partial charge on any atom is 0.416 e. The van der Waals surface area contributed by atoms with Crippen molar-refractivity contribution >= 4 is 0 Å². The first-order chi connectivity index (χ1) is 14.5. The van der Waals surface area contributed by atoms with Crippen LogP contribution >= 0.6 is 0 Å². The minimum Gasteiger partial charge on any atom is -0.497 e. The number of hydrogen-bond donors (Lipinski definition) is 3. The van der Waals surface area contributed by atoms with Gasteiger partial charge < -0.3 is 9.47 Å². The molecule has 0 bridgehead atoms. The Morgan fingerprint density at radius 1 is 0.968 bits per heavy atom. The van der Waals surface area contributed by atoms with E-state index in [1.165, 1.54) is 19.2 Å². The summed E-state index contributed by atoms with van der Waals surface area (Å²) in [6.07, 6.45) is -9.66. The van der Waals surface area contributed by atoms with Crippen molar-refractivity contribution in [2.75, 3.05) is 7.11 Å². The van der Waals surface area contributed by atoms with Gasteiger partial charge in [0.05, 0.1) is 30.3 Å². The molecule has 0 saturated carbocycles. The van der Waals surface area contributed by atoms with E-state index in [9.17, 15) is 31.6 Å². The van der Waals surface area contributed by atoms with Crippen LogP contribution < -0.4 is 25.9 Å². The van der Waals surface area contributed by atoms with Gasteiger partial charge in [-0.15, -0.1) is 0 Å². The third kappa shape index (κ3) is 5.19. The van der Waals surface area contributed by atoms with Gasteiger partial charge in [-0.3, -0.25) is 0 Å². The Morgan fingerprint density at radius 3 is 2.29 bits per heavy atom. The molecule has 0 amide bonds. The number of rotatable bonds is 5. The fourth-order valence-electron chi connectivity index (χ4n) is 3.05. The van der Waals surface area contributed by atoms with Crippen LogP contribution in [0.15, 0.2) is 36.4 Å². The molecule has 12 heteroatoms. The predicted octanol–water partition coefficient (Wildman–Crippen LogP) is 3.86. The molecule has 2 atom stereocenters. The summed E-state index contributed by atoms with van der Waals surface area (Å²) >= 11 is 0. The van der Waals surface area contributed by atoms with Gasteiger partial charge in [0.15, 0.2) is 0 Å². The summed E-state index contributed by atoms with van der Waals surface area (Å²) in [7, 11) is 1.36. The summed E-state index contributed by atoms with van der Waals surface area (Å²) in [5.74, 6) is 0.350. The molecule has 3 rings (SSSR count). The van der Waals surface area contributed by atoms with E-state index in [0.717, 1.165) is 0 Å². The van der Waals surface area contributed by atoms with Crippen LogP contribution in [-0.2, 0) is 19.0 Å². The van der Waals surface area contributed by atoms with Gasteiger partial charge in [0.2, 0.25) is 0 Å². The van der Waals surface area contributed by atoms with Gasteiger partial charge in [0.25, 0.3) is 0 Å². The SMILES string of the molecule is COc1cc(OCc2cc(C(F)(F)F)ccc2C(F)(F)F)cc(C2NNNC2C#N)c1. The van der Waals surface area contributed by atoms with Gasteiger partial charge in [-0.25, -0.2) is 10.9 Å². The van der Waals surface area contributed by atoms with Crippen LogP contribution in [0.5, 0.6) is 11.5 Å². The smallest absolute Gasteiger partial charge is 0.416 e. The molecule has 2 aromatic carbocycles. The van der Waals surface area contributed by atoms with Crippen molar-refractivity contribution in [1.29, 1.82) is 5.26 Å². The standard InChI is InChI=1S/C19H16F6N4O2/c1-30-13-5-10(17-16(8-26)27-29-28-17)6-14(7-13)31-9-11-4-12(18(20,21)22)2-3-15(11)19(23,24)25/h2-7,16-17,27-29H,9H2,1H3. The quantitative estimate of drug-likeness (QED) is 0.606. The Kier molecular flexibility index (Phi) is 6.30. The zero-order valence-corrected chi connectivity index (χ0v) is 15.9. The number of hydrazine groups is 2. The van der Waals surface area contributed by atoms with Gasteiger partial charge in [-0.1, -0.05) is 0 Å². The molecule has 2 aromatic rings. The number of hydrogen-bond acceptors (Lipinski definition) is 6. The molecule has 0 aliphatic carbocycles. The summed E-state index contributed by atoms with van der Waals surface area (Å²) in [5.41, 5.74) is 5.50. The van der Waals surface area contributed by atoms with Gasteiger partial charge in [-0.05, 0) is 35.9 Å². The third-order valence-electron chi connectivity index (χ3n) is 4.56. The molecule has 166 valence electrons. The molecule has 1 heterocycles. The first-order valence-electron chi connectivity index (χ1n) is 8.77. The number of ether oxygens (including phenoxy) is 2. The molecule has 0 spiro atoms. The van der Waals surface area contributed by atoms with Crippen molar-refractivity contribution in [3.63, 3.8) is 0 Å². The first-order valence-corrected chi connectivity index (χ1v) is 8.77. The normalized spacial score (nSPS) is 19.2. The second kappa shape index (κ2) is 8.62. The largest absolute Gasteiger partial charge is 0.497 e. The molecule has 0 aromatic heterocycles. The van der Waals surface area contributed by atoms with E-state index in [-0.39, 0.29) is 11.5 Å². The van der Waals surface area contributed by atoms with Gasteiger partial charge in [0, 0.05) is 11.6 Å². The Labute approximate surface area is 172 Å². The average Bonchev–Trinajstić information content (AvgIpc) is 3.19. The van der Waals surface area contributed by atoms with Crippen LogP contribution in [0, 0.1) is 11.3 Å². The molecule has 31 heavy (non-hydrogen) atoms. The van der Waals surface area contributed by atoms with Gasteiger partial charge >= 0.3 is 12.4 Å². The monoisotopic (exact) mass is 446 g/mol. The van der Waals surface area contributed by atoms with Crippen molar-refractivity contribution in [2.24, 2.45) is 0 Å². The van der Waals surface area contributed by atoms with E-state index in [0.29, 0.717) is 23.8 Å². The second-order valence-electron chi connectivity index (χ2n) is 6.60. The fourth-order valence-corrected chi connectivity index (χ4v) is 3.05.